The second-order valence-corrected chi connectivity index (χ2v) is 6.48. The molecule has 4 N–H and O–H groups in total. The molecule has 1 heterocycles. The van der Waals surface area contributed by atoms with Gasteiger partial charge in [0.15, 0.2) is 0 Å². The number of carbonyl (C=O) groups is 2. The second kappa shape index (κ2) is 10.0. The number of aromatic nitrogens is 1. The van der Waals surface area contributed by atoms with Gasteiger partial charge < -0.3 is 21.1 Å². The first kappa shape index (κ1) is 20.8. The van der Waals surface area contributed by atoms with Crippen molar-refractivity contribution in [2.24, 2.45) is 5.73 Å². The van der Waals surface area contributed by atoms with E-state index in [0.717, 1.165) is 5.56 Å². The van der Waals surface area contributed by atoms with Crippen molar-refractivity contribution < 1.29 is 18.7 Å². The molecule has 30 heavy (non-hydrogen) atoms. The summed E-state index contributed by atoms with van der Waals surface area (Å²) in [4.78, 5) is 28.0. The lowest BCUT2D eigenvalue weighted by Crippen LogP contribution is -2.36. The van der Waals surface area contributed by atoms with Crippen LogP contribution in [0, 0.1) is 5.82 Å². The van der Waals surface area contributed by atoms with E-state index in [2.05, 4.69) is 15.6 Å². The number of ether oxygens (including phenoxy) is 1. The number of carbonyl (C=O) groups excluding carboxylic acids is 2. The number of amides is 3. The third-order valence-corrected chi connectivity index (χ3v) is 4.24. The molecule has 1 atom stereocenters. The number of hydrogen-bond acceptors (Lipinski definition) is 4. The Hall–Kier alpha value is -3.94. The number of nitrogens with one attached hydrogen (secondary N) is 2. The van der Waals surface area contributed by atoms with E-state index in [-0.39, 0.29) is 24.8 Å². The highest BCUT2D eigenvalue weighted by Crippen LogP contribution is 2.23. The van der Waals surface area contributed by atoms with Crippen LogP contribution >= 0.6 is 0 Å². The summed E-state index contributed by atoms with van der Waals surface area (Å²) in [5.41, 5.74) is 6.63. The van der Waals surface area contributed by atoms with Crippen molar-refractivity contribution in [2.75, 3.05) is 0 Å². The van der Waals surface area contributed by atoms with Crippen LogP contribution in [-0.2, 0) is 11.3 Å². The van der Waals surface area contributed by atoms with Gasteiger partial charge in [-0.15, -0.1) is 0 Å². The van der Waals surface area contributed by atoms with Gasteiger partial charge in [0.1, 0.15) is 11.6 Å². The fourth-order valence-electron chi connectivity index (χ4n) is 2.85. The van der Waals surface area contributed by atoms with Gasteiger partial charge >= 0.3 is 6.03 Å². The molecule has 0 saturated carbocycles. The van der Waals surface area contributed by atoms with Crippen molar-refractivity contribution in [3.63, 3.8) is 0 Å². The van der Waals surface area contributed by atoms with Crippen LogP contribution in [0.4, 0.5) is 9.18 Å². The molecule has 0 aliphatic heterocycles. The Balaban J connectivity index is 1.64. The Bertz CT molecular complexity index is 1010. The molecule has 0 bridgehead atoms. The summed E-state index contributed by atoms with van der Waals surface area (Å²) >= 11 is 0. The zero-order chi connectivity index (χ0) is 21.3. The lowest BCUT2D eigenvalue weighted by atomic mass is 10.0. The van der Waals surface area contributed by atoms with E-state index < -0.39 is 17.9 Å². The minimum Gasteiger partial charge on any atom is -0.439 e. The summed E-state index contributed by atoms with van der Waals surface area (Å²) in [6.45, 7) is 0.148. The molecule has 0 radical (unpaired) electrons. The Labute approximate surface area is 173 Å². The highest BCUT2D eigenvalue weighted by Gasteiger charge is 2.17. The van der Waals surface area contributed by atoms with Gasteiger partial charge in [-0.3, -0.25) is 4.79 Å². The average Bonchev–Trinajstić information content (AvgIpc) is 2.73. The van der Waals surface area contributed by atoms with Crippen LogP contribution in [-0.4, -0.2) is 16.9 Å². The SMILES string of the molecule is NC(=O)NC(CC(=O)NCc1cccnc1Oc1cccc(F)c1)c1ccccc1. The highest BCUT2D eigenvalue weighted by atomic mass is 19.1. The van der Waals surface area contributed by atoms with Crippen molar-refractivity contribution in [3.05, 3.63) is 89.9 Å². The lowest BCUT2D eigenvalue weighted by Gasteiger charge is -2.18. The topological polar surface area (TPSA) is 106 Å². The number of rotatable bonds is 8. The van der Waals surface area contributed by atoms with Gasteiger partial charge in [-0.25, -0.2) is 14.2 Å². The minimum atomic E-state index is -0.713. The standard InChI is InChI=1S/C22H21FN4O3/c23-17-9-4-10-18(12-17)30-21-16(8-5-11-25-21)14-26-20(28)13-19(27-22(24)29)15-6-2-1-3-7-15/h1-12,19H,13-14H2,(H,26,28)(H3,24,27,29). The summed E-state index contributed by atoms with van der Waals surface area (Å²) in [6, 6.07) is 17.0. The van der Waals surface area contributed by atoms with Crippen molar-refractivity contribution in [2.45, 2.75) is 19.0 Å². The third-order valence-electron chi connectivity index (χ3n) is 4.24. The van der Waals surface area contributed by atoms with E-state index in [1.807, 2.05) is 18.2 Å². The van der Waals surface area contributed by atoms with E-state index in [9.17, 15) is 14.0 Å². The van der Waals surface area contributed by atoms with Crippen LogP contribution in [0.25, 0.3) is 0 Å². The van der Waals surface area contributed by atoms with Crippen molar-refractivity contribution in [3.8, 4) is 11.6 Å². The Morgan fingerprint density at radius 1 is 1.07 bits per heavy atom. The number of hydrogen-bond donors (Lipinski definition) is 3. The first-order valence-electron chi connectivity index (χ1n) is 9.26. The third kappa shape index (κ3) is 6.03. The molecule has 0 spiro atoms. The van der Waals surface area contributed by atoms with Crippen molar-refractivity contribution >= 4 is 11.9 Å². The predicted octanol–water partition coefficient (Wildman–Crippen LogP) is 3.43. The van der Waals surface area contributed by atoms with E-state index in [0.29, 0.717) is 11.3 Å². The number of urea groups is 1. The summed E-state index contributed by atoms with van der Waals surface area (Å²) in [7, 11) is 0. The van der Waals surface area contributed by atoms with Crippen LogP contribution in [0.5, 0.6) is 11.6 Å². The van der Waals surface area contributed by atoms with E-state index in [1.165, 1.54) is 18.2 Å². The first-order chi connectivity index (χ1) is 14.5. The van der Waals surface area contributed by atoms with E-state index in [1.54, 1.807) is 36.5 Å². The zero-order valence-corrected chi connectivity index (χ0v) is 16.0. The van der Waals surface area contributed by atoms with Gasteiger partial charge in [0, 0.05) is 24.4 Å². The molecule has 0 aliphatic carbocycles. The first-order valence-corrected chi connectivity index (χ1v) is 9.26. The van der Waals surface area contributed by atoms with E-state index in [4.69, 9.17) is 10.5 Å². The fraction of sp³-hybridized carbons (Fsp3) is 0.136. The normalized spacial score (nSPS) is 11.4. The molecule has 3 aromatic rings. The Morgan fingerprint density at radius 3 is 2.60 bits per heavy atom. The smallest absolute Gasteiger partial charge is 0.312 e. The van der Waals surface area contributed by atoms with Crippen LogP contribution in [0.3, 0.4) is 0 Å². The predicted molar refractivity (Wildman–Crippen MR) is 109 cm³/mol. The molecular formula is C22H21FN4O3. The van der Waals surface area contributed by atoms with Crippen LogP contribution in [0.1, 0.15) is 23.6 Å². The molecule has 2 aromatic carbocycles. The number of benzene rings is 2. The van der Waals surface area contributed by atoms with Crippen LogP contribution < -0.4 is 21.1 Å². The molecule has 0 fully saturated rings. The largest absolute Gasteiger partial charge is 0.439 e. The number of nitrogens with zero attached hydrogens (tertiary/aromatic N) is 1. The molecule has 1 unspecified atom stereocenters. The molecule has 8 heteroatoms. The zero-order valence-electron chi connectivity index (χ0n) is 16.0. The van der Waals surface area contributed by atoms with Gasteiger partial charge in [0.05, 0.1) is 12.5 Å². The Morgan fingerprint density at radius 2 is 1.87 bits per heavy atom. The quantitative estimate of drug-likeness (QED) is 0.531. The number of halogens is 1. The molecule has 0 aliphatic rings. The molecule has 1 aromatic heterocycles. The molecule has 7 nitrogen and oxygen atoms in total. The van der Waals surface area contributed by atoms with Crippen LogP contribution in [0.2, 0.25) is 0 Å². The molecular weight excluding hydrogens is 387 g/mol. The Kier molecular flexibility index (Phi) is 6.94. The molecule has 154 valence electrons. The average molecular weight is 408 g/mol. The maximum atomic E-state index is 13.4. The maximum Gasteiger partial charge on any atom is 0.312 e. The lowest BCUT2D eigenvalue weighted by molar-refractivity contribution is -0.121. The summed E-state index contributed by atoms with van der Waals surface area (Å²) in [5, 5.41) is 5.36. The second-order valence-electron chi connectivity index (χ2n) is 6.48. The monoisotopic (exact) mass is 408 g/mol. The van der Waals surface area contributed by atoms with E-state index >= 15 is 0 Å². The maximum absolute atomic E-state index is 13.4. The summed E-state index contributed by atoms with van der Waals surface area (Å²) < 4.78 is 19.0. The number of primary amides is 1. The van der Waals surface area contributed by atoms with Crippen LogP contribution in [0.15, 0.2) is 72.9 Å². The minimum absolute atomic E-state index is 0.00724. The number of pyridine rings is 1. The van der Waals surface area contributed by atoms with Gasteiger partial charge in [0.2, 0.25) is 11.8 Å². The van der Waals surface area contributed by atoms with Gasteiger partial charge in [0.25, 0.3) is 0 Å². The molecule has 3 rings (SSSR count). The summed E-state index contributed by atoms with van der Waals surface area (Å²) in [5.74, 6) is -0.153. The van der Waals surface area contributed by atoms with Crippen molar-refractivity contribution in [1.82, 2.24) is 15.6 Å². The van der Waals surface area contributed by atoms with Gasteiger partial charge in [-0.05, 0) is 23.8 Å². The number of nitrogens with two attached hydrogens (primary N) is 1. The van der Waals surface area contributed by atoms with Gasteiger partial charge in [-0.1, -0.05) is 42.5 Å². The fourth-order valence-corrected chi connectivity index (χ4v) is 2.85. The summed E-state index contributed by atoms with van der Waals surface area (Å²) in [6.07, 6.45) is 1.55. The molecule has 0 saturated heterocycles. The van der Waals surface area contributed by atoms with Crippen molar-refractivity contribution in [1.29, 1.82) is 0 Å². The highest BCUT2D eigenvalue weighted by molar-refractivity contribution is 5.78. The van der Waals surface area contributed by atoms with Gasteiger partial charge in [-0.2, -0.15) is 0 Å². The molecule has 3 amide bonds.